The molecule has 2 aromatic rings. The van der Waals surface area contributed by atoms with Crippen LogP contribution in [0.25, 0.3) is 10.9 Å². The van der Waals surface area contributed by atoms with Gasteiger partial charge in [0.1, 0.15) is 5.75 Å². The number of hydrogen-bond donors (Lipinski definition) is 3. The van der Waals surface area contributed by atoms with E-state index in [4.69, 9.17) is 4.74 Å². The molecular weight excluding hydrogens is 264 g/mol. The SMILES string of the molecule is CC(C)Oc1cccc2[nH]cc(C(O)C3CCCCN3)c12. The van der Waals surface area contributed by atoms with Crippen molar-refractivity contribution in [3.8, 4) is 5.75 Å². The van der Waals surface area contributed by atoms with Crippen molar-refractivity contribution in [2.75, 3.05) is 6.54 Å². The molecule has 1 saturated heterocycles. The van der Waals surface area contributed by atoms with Crippen molar-refractivity contribution in [1.29, 1.82) is 0 Å². The highest BCUT2D eigenvalue weighted by molar-refractivity contribution is 5.89. The summed E-state index contributed by atoms with van der Waals surface area (Å²) in [5.74, 6) is 0.841. The van der Waals surface area contributed by atoms with E-state index in [1.807, 2.05) is 38.2 Å². The number of fused-ring (bicyclic) bond motifs is 1. The number of aliphatic hydroxyl groups is 1. The van der Waals surface area contributed by atoms with Gasteiger partial charge in [-0.05, 0) is 45.4 Å². The van der Waals surface area contributed by atoms with E-state index in [9.17, 15) is 5.11 Å². The lowest BCUT2D eigenvalue weighted by Gasteiger charge is -2.28. The van der Waals surface area contributed by atoms with Crippen LogP contribution in [0, 0.1) is 0 Å². The van der Waals surface area contributed by atoms with Crippen LogP contribution in [-0.4, -0.2) is 28.8 Å². The largest absolute Gasteiger partial charge is 0.490 e. The number of H-pyrrole nitrogens is 1. The second-order valence-electron chi connectivity index (χ2n) is 6.09. The van der Waals surface area contributed by atoms with Gasteiger partial charge < -0.3 is 20.1 Å². The van der Waals surface area contributed by atoms with Crippen molar-refractivity contribution in [2.24, 2.45) is 0 Å². The highest BCUT2D eigenvalue weighted by Crippen LogP contribution is 2.35. The average molecular weight is 288 g/mol. The van der Waals surface area contributed by atoms with Crippen LogP contribution in [0.4, 0.5) is 0 Å². The molecule has 1 aromatic heterocycles. The summed E-state index contributed by atoms with van der Waals surface area (Å²) in [6.07, 6.45) is 4.91. The molecule has 1 aliphatic rings. The minimum absolute atomic E-state index is 0.114. The third-order valence-corrected chi connectivity index (χ3v) is 4.11. The summed E-state index contributed by atoms with van der Waals surface area (Å²) in [6, 6.07) is 6.10. The zero-order valence-corrected chi connectivity index (χ0v) is 12.7. The van der Waals surface area contributed by atoms with Gasteiger partial charge in [-0.3, -0.25) is 0 Å². The molecule has 0 spiro atoms. The Kier molecular flexibility index (Phi) is 4.17. The van der Waals surface area contributed by atoms with Crippen LogP contribution >= 0.6 is 0 Å². The van der Waals surface area contributed by atoms with Crippen molar-refractivity contribution in [2.45, 2.75) is 51.4 Å². The maximum atomic E-state index is 10.8. The van der Waals surface area contributed by atoms with Crippen molar-refractivity contribution in [3.05, 3.63) is 30.0 Å². The predicted molar refractivity (Wildman–Crippen MR) is 84.7 cm³/mol. The molecule has 0 aliphatic carbocycles. The number of ether oxygens (including phenoxy) is 1. The topological polar surface area (TPSA) is 57.3 Å². The molecule has 3 N–H and O–H groups in total. The number of aliphatic hydroxyl groups excluding tert-OH is 1. The first-order valence-corrected chi connectivity index (χ1v) is 7.85. The summed E-state index contributed by atoms with van der Waals surface area (Å²) in [5.41, 5.74) is 1.94. The Hall–Kier alpha value is -1.52. The van der Waals surface area contributed by atoms with Gasteiger partial charge in [-0.15, -0.1) is 0 Å². The normalized spacial score (nSPS) is 20.9. The Morgan fingerprint density at radius 2 is 2.14 bits per heavy atom. The lowest BCUT2D eigenvalue weighted by Crippen LogP contribution is -2.38. The molecule has 0 radical (unpaired) electrons. The monoisotopic (exact) mass is 288 g/mol. The molecule has 0 saturated carbocycles. The molecule has 4 nitrogen and oxygen atoms in total. The summed E-state index contributed by atoms with van der Waals surface area (Å²) in [7, 11) is 0. The minimum atomic E-state index is -0.504. The zero-order valence-electron chi connectivity index (χ0n) is 12.7. The number of aromatic nitrogens is 1. The molecule has 2 unspecified atom stereocenters. The van der Waals surface area contributed by atoms with Gasteiger partial charge in [-0.2, -0.15) is 0 Å². The lowest BCUT2D eigenvalue weighted by molar-refractivity contribution is 0.115. The highest BCUT2D eigenvalue weighted by Gasteiger charge is 2.26. The van der Waals surface area contributed by atoms with Gasteiger partial charge in [0.05, 0.1) is 12.2 Å². The number of nitrogens with one attached hydrogen (secondary N) is 2. The molecule has 4 heteroatoms. The molecule has 0 amide bonds. The molecule has 114 valence electrons. The van der Waals surface area contributed by atoms with Gasteiger partial charge in [0.2, 0.25) is 0 Å². The van der Waals surface area contributed by atoms with E-state index in [0.29, 0.717) is 0 Å². The van der Waals surface area contributed by atoms with Gasteiger partial charge in [0, 0.05) is 28.7 Å². The van der Waals surface area contributed by atoms with Crippen LogP contribution in [0.3, 0.4) is 0 Å². The Morgan fingerprint density at radius 1 is 1.29 bits per heavy atom. The minimum Gasteiger partial charge on any atom is -0.490 e. The van der Waals surface area contributed by atoms with Crippen molar-refractivity contribution >= 4 is 10.9 Å². The molecule has 3 rings (SSSR count). The van der Waals surface area contributed by atoms with Gasteiger partial charge in [0.15, 0.2) is 0 Å². The highest BCUT2D eigenvalue weighted by atomic mass is 16.5. The molecular formula is C17H24N2O2. The predicted octanol–water partition coefficient (Wildman–Crippen LogP) is 3.13. The summed E-state index contributed by atoms with van der Waals surface area (Å²) in [6.45, 7) is 5.02. The zero-order chi connectivity index (χ0) is 14.8. The first-order chi connectivity index (χ1) is 10.2. The van der Waals surface area contributed by atoms with E-state index in [0.717, 1.165) is 35.2 Å². The maximum absolute atomic E-state index is 10.8. The Labute approximate surface area is 125 Å². The second-order valence-corrected chi connectivity index (χ2v) is 6.09. The van der Waals surface area contributed by atoms with E-state index in [1.54, 1.807) is 0 Å². The molecule has 1 aromatic carbocycles. The van der Waals surface area contributed by atoms with Crippen LogP contribution in [0.15, 0.2) is 24.4 Å². The molecule has 2 atom stereocenters. The number of benzene rings is 1. The van der Waals surface area contributed by atoms with Gasteiger partial charge in [0.25, 0.3) is 0 Å². The molecule has 2 heterocycles. The van der Waals surface area contributed by atoms with E-state index in [2.05, 4.69) is 10.3 Å². The van der Waals surface area contributed by atoms with E-state index in [1.165, 1.54) is 12.8 Å². The average Bonchev–Trinajstić information content (AvgIpc) is 2.92. The summed E-state index contributed by atoms with van der Waals surface area (Å²) in [5, 5.41) is 15.2. The molecule has 1 aliphatic heterocycles. The number of hydrogen-bond acceptors (Lipinski definition) is 3. The molecule has 1 fully saturated rings. The van der Waals surface area contributed by atoms with E-state index in [-0.39, 0.29) is 12.1 Å². The Bertz CT molecular complexity index is 600. The third-order valence-electron chi connectivity index (χ3n) is 4.11. The number of rotatable bonds is 4. The van der Waals surface area contributed by atoms with E-state index < -0.39 is 6.10 Å². The van der Waals surface area contributed by atoms with E-state index >= 15 is 0 Å². The van der Waals surface area contributed by atoms with Gasteiger partial charge in [-0.1, -0.05) is 12.5 Å². The number of piperidine rings is 1. The quantitative estimate of drug-likeness (QED) is 0.810. The lowest BCUT2D eigenvalue weighted by atomic mass is 9.94. The number of aromatic amines is 1. The van der Waals surface area contributed by atoms with Crippen LogP contribution < -0.4 is 10.1 Å². The van der Waals surface area contributed by atoms with Gasteiger partial charge in [-0.25, -0.2) is 0 Å². The fraction of sp³-hybridized carbons (Fsp3) is 0.529. The van der Waals surface area contributed by atoms with Crippen LogP contribution in [0.2, 0.25) is 0 Å². The van der Waals surface area contributed by atoms with Crippen molar-refractivity contribution in [1.82, 2.24) is 10.3 Å². The third kappa shape index (κ3) is 2.92. The first kappa shape index (κ1) is 14.4. The Morgan fingerprint density at radius 3 is 2.86 bits per heavy atom. The van der Waals surface area contributed by atoms with Crippen molar-refractivity contribution in [3.63, 3.8) is 0 Å². The molecule has 0 bridgehead atoms. The summed E-state index contributed by atoms with van der Waals surface area (Å²) >= 11 is 0. The van der Waals surface area contributed by atoms with Gasteiger partial charge >= 0.3 is 0 Å². The van der Waals surface area contributed by atoms with Crippen LogP contribution in [0.5, 0.6) is 5.75 Å². The molecule has 21 heavy (non-hydrogen) atoms. The van der Waals surface area contributed by atoms with Crippen molar-refractivity contribution < 1.29 is 9.84 Å². The standard InChI is InChI=1S/C17H24N2O2/c1-11(2)21-15-8-5-7-13-16(15)12(10-19-13)17(20)14-6-3-4-9-18-14/h5,7-8,10-11,14,17-20H,3-4,6,9H2,1-2H3. The fourth-order valence-corrected chi connectivity index (χ4v) is 3.13. The first-order valence-electron chi connectivity index (χ1n) is 7.85. The van der Waals surface area contributed by atoms with Crippen LogP contribution in [0.1, 0.15) is 44.8 Å². The summed E-state index contributed by atoms with van der Waals surface area (Å²) in [4.78, 5) is 3.25. The maximum Gasteiger partial charge on any atom is 0.129 e. The fourth-order valence-electron chi connectivity index (χ4n) is 3.13. The summed E-state index contributed by atoms with van der Waals surface area (Å²) < 4.78 is 5.91. The Balaban J connectivity index is 1.97. The second kappa shape index (κ2) is 6.08. The van der Waals surface area contributed by atoms with Crippen LogP contribution in [-0.2, 0) is 0 Å². The smallest absolute Gasteiger partial charge is 0.129 e.